The van der Waals surface area contributed by atoms with E-state index in [0.717, 1.165) is 23.1 Å². The van der Waals surface area contributed by atoms with Gasteiger partial charge in [0.2, 0.25) is 0 Å². The lowest BCUT2D eigenvalue weighted by molar-refractivity contribution is -0.387. The van der Waals surface area contributed by atoms with Crippen molar-refractivity contribution in [3.05, 3.63) is 152 Å². The van der Waals surface area contributed by atoms with Gasteiger partial charge < -0.3 is 9.72 Å². The lowest BCUT2D eigenvalue weighted by Crippen LogP contribution is -2.40. The van der Waals surface area contributed by atoms with Gasteiger partial charge in [-0.15, -0.1) is 0 Å². The summed E-state index contributed by atoms with van der Waals surface area (Å²) in [5.41, 5.74) is 1.69. The summed E-state index contributed by atoms with van der Waals surface area (Å²) in [7, 11) is 0. The fraction of sp³-hybridized carbons (Fsp3) is 0.121. The zero-order chi connectivity index (χ0) is 33.2. The molecule has 0 saturated carbocycles. The highest BCUT2D eigenvalue weighted by molar-refractivity contribution is 7.99. The number of aromatic amines is 1. The molecule has 0 amide bonds. The van der Waals surface area contributed by atoms with Crippen molar-refractivity contribution in [1.29, 1.82) is 0 Å². The van der Waals surface area contributed by atoms with E-state index in [1.807, 2.05) is 30.3 Å². The number of fused-ring (bicyclic) bond motifs is 1. The minimum atomic E-state index is -0.892. The number of aryl methyl sites for hydroxylation is 1. The predicted octanol–water partition coefficient (Wildman–Crippen LogP) is 5.04. The van der Waals surface area contributed by atoms with Crippen molar-refractivity contribution in [3.63, 3.8) is 0 Å². The van der Waals surface area contributed by atoms with Gasteiger partial charge in [-0.3, -0.25) is 24.3 Å². The highest BCUT2D eigenvalue weighted by Gasteiger charge is 2.35. The molecule has 0 saturated heterocycles. The van der Waals surface area contributed by atoms with Crippen LogP contribution in [0.1, 0.15) is 35.3 Å². The summed E-state index contributed by atoms with van der Waals surface area (Å²) in [5, 5.41) is 12.8. The Morgan fingerprint density at radius 2 is 1.87 bits per heavy atom. The zero-order valence-corrected chi connectivity index (χ0v) is 27.2. The number of halogens is 1. The molecule has 236 valence electrons. The second-order valence-electron chi connectivity index (χ2n) is 10.3. The van der Waals surface area contributed by atoms with Crippen molar-refractivity contribution in [1.82, 2.24) is 14.5 Å². The van der Waals surface area contributed by atoms with E-state index in [-0.39, 0.29) is 38.0 Å². The molecule has 0 fully saturated rings. The maximum absolute atomic E-state index is 14.1. The number of nitrogens with one attached hydrogen (secondary N) is 1. The number of esters is 1. The molecule has 0 spiro atoms. The monoisotopic (exact) mass is 685 g/mol. The van der Waals surface area contributed by atoms with Crippen LogP contribution in [0.4, 0.5) is 5.69 Å². The molecule has 0 bridgehead atoms. The molecular weight excluding hydrogens is 662 g/mol. The quantitative estimate of drug-likeness (QED) is 0.103. The number of rotatable bonds is 8. The van der Waals surface area contributed by atoms with Gasteiger partial charge in [0.25, 0.3) is 16.8 Å². The number of hydrogen-bond acceptors (Lipinski definition) is 10. The lowest BCUT2D eigenvalue weighted by atomic mass is 9.93. The van der Waals surface area contributed by atoms with E-state index in [1.165, 1.54) is 22.8 Å². The van der Waals surface area contributed by atoms with Crippen molar-refractivity contribution >= 4 is 58.1 Å². The molecule has 1 atom stereocenters. The Bertz CT molecular complexity index is 2310. The second kappa shape index (κ2) is 13.3. The van der Waals surface area contributed by atoms with Gasteiger partial charge in [0.1, 0.15) is 0 Å². The van der Waals surface area contributed by atoms with E-state index in [4.69, 9.17) is 21.3 Å². The van der Waals surface area contributed by atoms with Crippen molar-refractivity contribution in [2.45, 2.75) is 29.9 Å². The van der Waals surface area contributed by atoms with Crippen LogP contribution in [0.25, 0.3) is 11.8 Å². The number of thiazole rings is 1. The van der Waals surface area contributed by atoms with Crippen molar-refractivity contribution in [3.8, 4) is 0 Å². The highest BCUT2D eigenvalue weighted by Crippen LogP contribution is 2.36. The average molecular weight is 686 g/mol. The van der Waals surface area contributed by atoms with Gasteiger partial charge in [-0.2, -0.15) is 0 Å². The first-order chi connectivity index (χ1) is 22.6. The lowest BCUT2D eigenvalue weighted by Gasteiger charge is -2.25. The largest absolute Gasteiger partial charge is 0.463 e. The van der Waals surface area contributed by atoms with E-state index in [2.05, 4.69) is 9.97 Å². The number of benzene rings is 3. The summed E-state index contributed by atoms with van der Waals surface area (Å²) in [6.45, 7) is 3.47. The Hall–Kier alpha value is -5.11. The molecule has 11 nitrogen and oxygen atoms in total. The Balaban J connectivity index is 1.53. The van der Waals surface area contributed by atoms with Crippen molar-refractivity contribution in [2.24, 2.45) is 4.99 Å². The predicted molar refractivity (Wildman–Crippen MR) is 179 cm³/mol. The molecule has 3 aromatic carbocycles. The maximum Gasteiger partial charge on any atom is 0.338 e. The molecule has 3 heterocycles. The third kappa shape index (κ3) is 6.59. The molecule has 14 heteroatoms. The van der Waals surface area contributed by atoms with Crippen LogP contribution in [-0.2, 0) is 9.53 Å². The number of carbonyl (C=O) groups is 1. The van der Waals surface area contributed by atoms with Gasteiger partial charge in [0.15, 0.2) is 9.96 Å². The van der Waals surface area contributed by atoms with Gasteiger partial charge in [0.05, 0.1) is 38.3 Å². The molecule has 5 aromatic rings. The third-order valence-electron chi connectivity index (χ3n) is 7.09. The number of nitro benzene ring substituents is 1. The Morgan fingerprint density at radius 1 is 1.13 bits per heavy atom. The minimum Gasteiger partial charge on any atom is -0.463 e. The van der Waals surface area contributed by atoms with Gasteiger partial charge >= 0.3 is 5.97 Å². The number of nitrogens with zero attached hydrogens (tertiary/aromatic N) is 4. The summed E-state index contributed by atoms with van der Waals surface area (Å²) in [5.74, 6) is -0.613. The number of hydrogen-bond donors (Lipinski definition) is 1. The topological polar surface area (TPSA) is 150 Å². The Labute approximate surface area is 279 Å². The smallest absolute Gasteiger partial charge is 0.338 e. The molecule has 2 aromatic heterocycles. The fourth-order valence-electron chi connectivity index (χ4n) is 5.11. The third-order valence-corrected chi connectivity index (χ3v) is 9.28. The molecule has 0 aliphatic carbocycles. The van der Waals surface area contributed by atoms with Crippen LogP contribution in [0.5, 0.6) is 0 Å². The summed E-state index contributed by atoms with van der Waals surface area (Å²) in [6, 6.07) is 21.0. The number of aromatic nitrogens is 3. The maximum atomic E-state index is 14.1. The molecular formula is C33H24ClN5O6S2. The summed E-state index contributed by atoms with van der Waals surface area (Å²) in [6.07, 6.45) is 1.55. The number of nitro groups is 1. The first-order valence-corrected chi connectivity index (χ1v) is 16.2. The molecule has 1 N–H and O–H groups in total. The molecule has 1 aliphatic rings. The standard InChI is InChI=1S/C33H24ClN5O6S2/c1-3-45-31(42)27-28(20-7-5-4-6-8-20)37-33-38(29(27)21-10-12-22(34)13-11-21)30(41)25(47-33)17-19-9-14-24(23(16-19)39(43)44)46-32-35-18(2)15-26(40)36-32/h4-17,29H,3H2,1-2H3,(H,35,36,40)/b25-17+/t29-/m1/s1. The molecule has 6 rings (SSSR count). The molecule has 47 heavy (non-hydrogen) atoms. The van der Waals surface area contributed by atoms with Crippen LogP contribution < -0.4 is 20.5 Å². The minimum absolute atomic E-state index is 0.116. The van der Waals surface area contributed by atoms with Crippen LogP contribution in [-0.4, -0.2) is 32.0 Å². The van der Waals surface area contributed by atoms with E-state index < -0.39 is 22.5 Å². The zero-order valence-electron chi connectivity index (χ0n) is 24.8. The highest BCUT2D eigenvalue weighted by atomic mass is 35.5. The van der Waals surface area contributed by atoms with Gasteiger partial charge in [-0.1, -0.05) is 71.5 Å². The van der Waals surface area contributed by atoms with E-state index in [1.54, 1.807) is 50.3 Å². The van der Waals surface area contributed by atoms with Crippen LogP contribution in [0.2, 0.25) is 5.02 Å². The van der Waals surface area contributed by atoms with Crippen molar-refractivity contribution in [2.75, 3.05) is 6.61 Å². The van der Waals surface area contributed by atoms with E-state index in [9.17, 15) is 24.5 Å². The normalized spacial score (nSPS) is 14.4. The van der Waals surface area contributed by atoms with Gasteiger partial charge in [-0.25, -0.2) is 14.8 Å². The average Bonchev–Trinajstić information content (AvgIpc) is 3.35. The first kappa shape index (κ1) is 31.9. The van der Waals surface area contributed by atoms with E-state index >= 15 is 0 Å². The SMILES string of the molecule is CCOC(=O)C1=C(c2ccccc2)N=c2s/c(=C/c3ccc(Sc4nc(C)cc(=O)[nH]4)c([N+](=O)[O-])c3)c(=O)n2[C@@H]1c1ccc(Cl)cc1. The van der Waals surface area contributed by atoms with Crippen LogP contribution in [0.15, 0.2) is 109 Å². The van der Waals surface area contributed by atoms with Crippen LogP contribution >= 0.6 is 34.7 Å². The second-order valence-corrected chi connectivity index (χ2v) is 12.7. The summed E-state index contributed by atoms with van der Waals surface area (Å²) >= 11 is 8.25. The molecule has 0 radical (unpaired) electrons. The van der Waals surface area contributed by atoms with Crippen molar-refractivity contribution < 1.29 is 14.5 Å². The fourth-order valence-corrected chi connectivity index (χ4v) is 7.16. The van der Waals surface area contributed by atoms with E-state index in [0.29, 0.717) is 37.9 Å². The number of carbonyl (C=O) groups excluding carboxylic acids is 1. The molecule has 1 aliphatic heterocycles. The number of H-pyrrole nitrogens is 1. The van der Waals surface area contributed by atoms with Crippen LogP contribution in [0, 0.1) is 17.0 Å². The van der Waals surface area contributed by atoms with Gasteiger partial charge in [0, 0.05) is 28.4 Å². The van der Waals surface area contributed by atoms with Crippen LogP contribution in [0.3, 0.4) is 0 Å². The summed E-state index contributed by atoms with van der Waals surface area (Å²) in [4.78, 5) is 63.4. The number of ether oxygens (including phenoxy) is 1. The van der Waals surface area contributed by atoms with Gasteiger partial charge in [-0.05, 0) is 61.0 Å². The molecule has 0 unspecified atom stereocenters. The summed E-state index contributed by atoms with van der Waals surface area (Å²) < 4.78 is 7.17. The first-order valence-electron chi connectivity index (χ1n) is 14.2. The Morgan fingerprint density at radius 3 is 2.55 bits per heavy atom. The Kier molecular flexibility index (Phi) is 9.03.